The van der Waals surface area contributed by atoms with Gasteiger partial charge >= 0.3 is 12.4 Å². The SMILES string of the molecule is CC(C)(C)C(N)c1cc(C(F)(F)F)ccc1C(F)(F)F. The van der Waals surface area contributed by atoms with Gasteiger partial charge in [-0.25, -0.2) is 0 Å². The first-order valence-corrected chi connectivity index (χ1v) is 5.78. The number of hydrogen-bond acceptors (Lipinski definition) is 1. The molecule has 0 saturated carbocycles. The molecule has 0 aliphatic carbocycles. The van der Waals surface area contributed by atoms with E-state index in [1.54, 1.807) is 20.8 Å². The summed E-state index contributed by atoms with van der Waals surface area (Å²) in [6.07, 6.45) is -9.46. The Morgan fingerprint density at radius 2 is 1.40 bits per heavy atom. The third kappa shape index (κ3) is 3.65. The van der Waals surface area contributed by atoms with E-state index >= 15 is 0 Å². The predicted molar refractivity (Wildman–Crippen MR) is 62.8 cm³/mol. The molecule has 0 radical (unpaired) electrons. The minimum Gasteiger partial charge on any atom is -0.323 e. The molecule has 1 rings (SSSR count). The van der Waals surface area contributed by atoms with Gasteiger partial charge in [0.1, 0.15) is 0 Å². The number of nitrogens with two attached hydrogens (primary N) is 1. The molecule has 1 aromatic rings. The number of benzene rings is 1. The Morgan fingerprint density at radius 1 is 0.900 bits per heavy atom. The monoisotopic (exact) mass is 299 g/mol. The summed E-state index contributed by atoms with van der Waals surface area (Å²) in [5.74, 6) is 0. The zero-order valence-corrected chi connectivity index (χ0v) is 11.2. The number of rotatable bonds is 1. The quantitative estimate of drug-likeness (QED) is 0.743. The van der Waals surface area contributed by atoms with Gasteiger partial charge in [0.2, 0.25) is 0 Å². The largest absolute Gasteiger partial charge is 0.416 e. The van der Waals surface area contributed by atoms with E-state index in [1.807, 2.05) is 0 Å². The highest BCUT2D eigenvalue weighted by molar-refractivity contribution is 5.38. The van der Waals surface area contributed by atoms with Crippen molar-refractivity contribution in [2.75, 3.05) is 0 Å². The van der Waals surface area contributed by atoms with E-state index < -0.39 is 40.5 Å². The first-order valence-electron chi connectivity index (χ1n) is 5.78. The Morgan fingerprint density at radius 3 is 1.75 bits per heavy atom. The molecule has 0 aromatic heterocycles. The van der Waals surface area contributed by atoms with Gasteiger partial charge in [0.25, 0.3) is 0 Å². The van der Waals surface area contributed by atoms with Crippen molar-refractivity contribution in [3.63, 3.8) is 0 Å². The average molecular weight is 299 g/mol. The van der Waals surface area contributed by atoms with Crippen LogP contribution in [0.5, 0.6) is 0 Å². The molecule has 1 aromatic carbocycles. The highest BCUT2D eigenvalue weighted by Gasteiger charge is 2.39. The van der Waals surface area contributed by atoms with Crippen LogP contribution in [0.2, 0.25) is 0 Å². The number of halogens is 6. The first-order chi connectivity index (χ1) is 8.74. The van der Waals surface area contributed by atoms with Crippen LogP contribution in [0.15, 0.2) is 18.2 Å². The van der Waals surface area contributed by atoms with Crippen LogP contribution >= 0.6 is 0 Å². The van der Waals surface area contributed by atoms with Crippen LogP contribution in [0.4, 0.5) is 26.3 Å². The smallest absolute Gasteiger partial charge is 0.323 e. The molecule has 0 heterocycles. The molecule has 1 nitrogen and oxygen atoms in total. The summed E-state index contributed by atoms with van der Waals surface area (Å²) < 4.78 is 76.6. The lowest BCUT2D eigenvalue weighted by Gasteiger charge is -2.30. The van der Waals surface area contributed by atoms with Crippen LogP contribution in [0.1, 0.15) is 43.5 Å². The maximum Gasteiger partial charge on any atom is 0.416 e. The predicted octanol–water partition coefficient (Wildman–Crippen LogP) is 4.77. The fourth-order valence-electron chi connectivity index (χ4n) is 1.72. The van der Waals surface area contributed by atoms with Crippen molar-refractivity contribution in [3.8, 4) is 0 Å². The van der Waals surface area contributed by atoms with Gasteiger partial charge in [-0.2, -0.15) is 26.3 Å². The lowest BCUT2D eigenvalue weighted by Crippen LogP contribution is -2.29. The standard InChI is InChI=1S/C13H15F6N/c1-11(2,3)10(20)8-6-7(12(14,15)16)4-5-9(8)13(17,18)19/h4-6,10H,20H2,1-3H3. The van der Waals surface area contributed by atoms with E-state index in [0.717, 1.165) is 0 Å². The topological polar surface area (TPSA) is 26.0 Å². The van der Waals surface area contributed by atoms with Crippen molar-refractivity contribution in [1.82, 2.24) is 0 Å². The molecular weight excluding hydrogens is 284 g/mol. The number of alkyl halides is 6. The number of hydrogen-bond donors (Lipinski definition) is 1. The Balaban J connectivity index is 3.50. The molecule has 0 spiro atoms. The second-order valence-corrected chi connectivity index (χ2v) is 5.64. The van der Waals surface area contributed by atoms with Crippen LogP contribution in [-0.4, -0.2) is 0 Å². The molecule has 1 unspecified atom stereocenters. The maximum absolute atomic E-state index is 12.9. The Kier molecular flexibility index (Phi) is 4.16. The van der Waals surface area contributed by atoms with Gasteiger partial charge < -0.3 is 5.73 Å². The summed E-state index contributed by atoms with van der Waals surface area (Å²) in [7, 11) is 0. The van der Waals surface area contributed by atoms with Gasteiger partial charge in [-0.15, -0.1) is 0 Å². The zero-order chi connectivity index (χ0) is 15.9. The molecule has 2 N–H and O–H groups in total. The summed E-state index contributed by atoms with van der Waals surface area (Å²) in [6.45, 7) is 4.70. The van der Waals surface area contributed by atoms with E-state index in [4.69, 9.17) is 5.73 Å². The molecule has 1 atom stereocenters. The van der Waals surface area contributed by atoms with Gasteiger partial charge in [-0.3, -0.25) is 0 Å². The second kappa shape index (κ2) is 4.95. The van der Waals surface area contributed by atoms with Crippen LogP contribution in [-0.2, 0) is 12.4 Å². The van der Waals surface area contributed by atoms with E-state index in [-0.39, 0.29) is 0 Å². The first kappa shape index (κ1) is 16.8. The lowest BCUT2D eigenvalue weighted by atomic mass is 9.80. The van der Waals surface area contributed by atoms with Gasteiger partial charge in [-0.05, 0) is 29.2 Å². The van der Waals surface area contributed by atoms with Gasteiger partial charge in [-0.1, -0.05) is 20.8 Å². The Labute approximate surface area is 112 Å². The van der Waals surface area contributed by atoms with E-state index in [9.17, 15) is 26.3 Å². The van der Waals surface area contributed by atoms with Gasteiger partial charge in [0.15, 0.2) is 0 Å². The third-order valence-electron chi connectivity index (χ3n) is 2.95. The molecule has 0 bridgehead atoms. The third-order valence-corrected chi connectivity index (χ3v) is 2.95. The highest BCUT2D eigenvalue weighted by Crippen LogP contribution is 2.41. The summed E-state index contributed by atoms with van der Waals surface area (Å²) in [6, 6.07) is 0.172. The van der Waals surface area contributed by atoms with Crippen LogP contribution in [0.25, 0.3) is 0 Å². The van der Waals surface area contributed by atoms with Gasteiger partial charge in [0, 0.05) is 6.04 Å². The fraction of sp³-hybridized carbons (Fsp3) is 0.538. The molecule has 7 heteroatoms. The van der Waals surface area contributed by atoms with Crippen molar-refractivity contribution in [2.45, 2.75) is 39.2 Å². The molecule has 114 valence electrons. The second-order valence-electron chi connectivity index (χ2n) is 5.64. The van der Waals surface area contributed by atoms with Crippen LogP contribution in [0.3, 0.4) is 0 Å². The summed E-state index contributed by atoms with van der Waals surface area (Å²) in [5.41, 5.74) is 2.10. The Bertz CT molecular complexity index is 481. The van der Waals surface area contributed by atoms with Crippen molar-refractivity contribution in [1.29, 1.82) is 0 Å². The molecule has 0 saturated heterocycles. The van der Waals surface area contributed by atoms with E-state index in [0.29, 0.717) is 18.2 Å². The summed E-state index contributed by atoms with van der Waals surface area (Å²) in [5, 5.41) is 0. The molecule has 20 heavy (non-hydrogen) atoms. The van der Waals surface area contributed by atoms with Crippen molar-refractivity contribution >= 4 is 0 Å². The van der Waals surface area contributed by atoms with Crippen molar-refractivity contribution in [3.05, 3.63) is 34.9 Å². The molecule has 0 fully saturated rings. The minimum absolute atomic E-state index is 0.418. The molecular formula is C13H15F6N. The normalized spacial score (nSPS) is 15.3. The van der Waals surface area contributed by atoms with Crippen LogP contribution in [0, 0.1) is 5.41 Å². The fourth-order valence-corrected chi connectivity index (χ4v) is 1.72. The Hall–Kier alpha value is -1.24. The molecule has 0 aliphatic rings. The van der Waals surface area contributed by atoms with Crippen LogP contribution < -0.4 is 5.73 Å². The van der Waals surface area contributed by atoms with Crippen molar-refractivity contribution in [2.24, 2.45) is 11.1 Å². The van der Waals surface area contributed by atoms with E-state index in [1.165, 1.54) is 0 Å². The summed E-state index contributed by atoms with van der Waals surface area (Å²) >= 11 is 0. The van der Waals surface area contributed by atoms with Gasteiger partial charge in [0.05, 0.1) is 11.1 Å². The molecule has 0 amide bonds. The summed E-state index contributed by atoms with van der Waals surface area (Å²) in [4.78, 5) is 0. The molecule has 0 aliphatic heterocycles. The lowest BCUT2D eigenvalue weighted by molar-refractivity contribution is -0.142. The maximum atomic E-state index is 12.9. The highest BCUT2D eigenvalue weighted by atomic mass is 19.4. The zero-order valence-electron chi connectivity index (χ0n) is 11.2. The van der Waals surface area contributed by atoms with E-state index in [2.05, 4.69) is 0 Å². The minimum atomic E-state index is -4.75. The van der Waals surface area contributed by atoms with Crippen molar-refractivity contribution < 1.29 is 26.3 Å². The average Bonchev–Trinajstić information content (AvgIpc) is 2.23.